The van der Waals surface area contributed by atoms with E-state index in [2.05, 4.69) is 5.32 Å². The highest BCUT2D eigenvalue weighted by molar-refractivity contribution is 6.30. The van der Waals surface area contributed by atoms with Crippen LogP contribution in [0.15, 0.2) is 48.5 Å². The van der Waals surface area contributed by atoms with Crippen molar-refractivity contribution in [2.45, 2.75) is 20.0 Å². The fourth-order valence-corrected chi connectivity index (χ4v) is 2.23. The van der Waals surface area contributed by atoms with Crippen LogP contribution in [0.25, 0.3) is 0 Å². The van der Waals surface area contributed by atoms with Crippen molar-refractivity contribution in [1.82, 2.24) is 0 Å². The monoisotopic (exact) mass is 375 g/mol. The molecule has 136 valence electrons. The molecule has 7 heteroatoms. The molecular weight excluding hydrogens is 358 g/mol. The Morgan fingerprint density at radius 2 is 1.85 bits per heavy atom. The summed E-state index contributed by atoms with van der Waals surface area (Å²) in [5.41, 5.74) is 0.979. The lowest BCUT2D eigenvalue weighted by Gasteiger charge is -2.14. The van der Waals surface area contributed by atoms with E-state index in [9.17, 15) is 14.4 Å². The first kappa shape index (κ1) is 19.5. The first-order valence-corrected chi connectivity index (χ1v) is 8.22. The van der Waals surface area contributed by atoms with Gasteiger partial charge < -0.3 is 14.8 Å². The van der Waals surface area contributed by atoms with Crippen molar-refractivity contribution >= 4 is 34.9 Å². The average Bonchev–Trinajstić information content (AvgIpc) is 2.60. The lowest BCUT2D eigenvalue weighted by molar-refractivity contribution is -0.155. The fourth-order valence-electron chi connectivity index (χ4n) is 2.04. The van der Waals surface area contributed by atoms with Crippen LogP contribution >= 0.6 is 11.6 Å². The molecule has 1 N–H and O–H groups in total. The third-order valence-corrected chi connectivity index (χ3v) is 3.60. The number of esters is 1. The number of nitrogens with one attached hydrogen (secondary N) is 1. The summed E-state index contributed by atoms with van der Waals surface area (Å²) in [6.45, 7) is 2.51. The van der Waals surface area contributed by atoms with Crippen molar-refractivity contribution in [3.05, 3.63) is 59.1 Å². The number of hydrogen-bond acceptors (Lipinski definition) is 5. The van der Waals surface area contributed by atoms with E-state index in [0.717, 1.165) is 0 Å². The van der Waals surface area contributed by atoms with E-state index in [4.69, 9.17) is 21.1 Å². The Labute approximate surface area is 156 Å². The van der Waals surface area contributed by atoms with Gasteiger partial charge in [-0.1, -0.05) is 29.8 Å². The Morgan fingerprint density at radius 1 is 1.12 bits per heavy atom. The van der Waals surface area contributed by atoms with E-state index in [1.54, 1.807) is 42.5 Å². The van der Waals surface area contributed by atoms with E-state index >= 15 is 0 Å². The minimum Gasteiger partial charge on any atom is -0.482 e. The quantitative estimate of drug-likeness (QED) is 0.591. The first-order chi connectivity index (χ1) is 12.3. The Bertz CT molecular complexity index is 821. The Balaban J connectivity index is 1.84. The summed E-state index contributed by atoms with van der Waals surface area (Å²) >= 11 is 5.85. The van der Waals surface area contributed by atoms with Gasteiger partial charge in [0, 0.05) is 16.3 Å². The molecule has 0 aliphatic heterocycles. The van der Waals surface area contributed by atoms with Crippen molar-refractivity contribution in [3.8, 4) is 5.75 Å². The number of ether oxygens (including phenoxy) is 2. The van der Waals surface area contributed by atoms with Gasteiger partial charge >= 0.3 is 5.97 Å². The van der Waals surface area contributed by atoms with Crippen LogP contribution in [0.1, 0.15) is 24.2 Å². The number of Topliss-reactive ketones (excluding diaryl/α,β-unsaturated/α-hetero) is 1. The van der Waals surface area contributed by atoms with Crippen molar-refractivity contribution in [3.63, 3.8) is 0 Å². The van der Waals surface area contributed by atoms with Gasteiger partial charge in [-0.2, -0.15) is 0 Å². The number of rotatable bonds is 7. The molecule has 1 amide bonds. The molecular formula is C19H18ClNO5. The van der Waals surface area contributed by atoms with Crippen molar-refractivity contribution in [1.29, 1.82) is 0 Å². The van der Waals surface area contributed by atoms with E-state index in [-0.39, 0.29) is 12.4 Å². The molecule has 0 aliphatic rings. The van der Waals surface area contributed by atoms with E-state index in [1.807, 2.05) is 0 Å². The predicted molar refractivity (Wildman–Crippen MR) is 97.6 cm³/mol. The Morgan fingerprint density at radius 3 is 2.54 bits per heavy atom. The zero-order chi connectivity index (χ0) is 19.1. The molecule has 0 heterocycles. The molecule has 2 rings (SSSR count). The molecule has 6 nitrogen and oxygen atoms in total. The maximum absolute atomic E-state index is 12.0. The number of halogens is 1. The Kier molecular flexibility index (Phi) is 6.74. The van der Waals surface area contributed by atoms with Crippen LogP contribution in [0, 0.1) is 0 Å². The summed E-state index contributed by atoms with van der Waals surface area (Å²) in [6.07, 6.45) is -1.01. The van der Waals surface area contributed by atoms with Gasteiger partial charge in [0.25, 0.3) is 5.91 Å². The van der Waals surface area contributed by atoms with E-state index in [1.165, 1.54) is 19.9 Å². The molecule has 0 unspecified atom stereocenters. The summed E-state index contributed by atoms with van der Waals surface area (Å²) in [6, 6.07) is 13.1. The second-order valence-corrected chi connectivity index (χ2v) is 5.94. The summed E-state index contributed by atoms with van der Waals surface area (Å²) in [5, 5.41) is 3.08. The number of anilines is 1. The second kappa shape index (κ2) is 9.01. The third-order valence-electron chi connectivity index (χ3n) is 3.37. The van der Waals surface area contributed by atoms with Crippen LogP contribution in [-0.4, -0.2) is 30.4 Å². The first-order valence-electron chi connectivity index (χ1n) is 7.85. The van der Waals surface area contributed by atoms with Gasteiger partial charge in [-0.05, 0) is 44.2 Å². The second-order valence-electron chi connectivity index (χ2n) is 5.50. The van der Waals surface area contributed by atoms with Crippen molar-refractivity contribution in [2.75, 3.05) is 11.9 Å². The number of ketones is 1. The van der Waals surface area contributed by atoms with E-state index < -0.39 is 18.0 Å². The standard InChI is InChI=1S/C19H18ClNO5/c1-12(22)14-5-3-8-17(9-14)25-11-18(23)26-13(2)19(24)21-16-7-4-6-15(20)10-16/h3-10,13H,11H2,1-2H3,(H,21,24)/t13-/m0/s1. The van der Waals surface area contributed by atoms with Crippen LogP contribution in [0.5, 0.6) is 5.75 Å². The number of benzene rings is 2. The van der Waals surface area contributed by atoms with Gasteiger partial charge in [-0.15, -0.1) is 0 Å². The molecule has 0 spiro atoms. The van der Waals surface area contributed by atoms with Crippen LogP contribution < -0.4 is 10.1 Å². The molecule has 2 aromatic carbocycles. The average molecular weight is 376 g/mol. The SMILES string of the molecule is CC(=O)c1cccc(OCC(=O)O[C@@H](C)C(=O)Nc2cccc(Cl)c2)c1. The molecule has 2 aromatic rings. The number of amides is 1. The number of carbonyl (C=O) groups excluding carboxylic acids is 3. The summed E-state index contributed by atoms with van der Waals surface area (Å²) in [5.74, 6) is -0.929. The number of hydrogen-bond donors (Lipinski definition) is 1. The van der Waals surface area contributed by atoms with Crippen molar-refractivity contribution < 1.29 is 23.9 Å². The topological polar surface area (TPSA) is 81.7 Å². The molecule has 0 saturated carbocycles. The summed E-state index contributed by atoms with van der Waals surface area (Å²) < 4.78 is 10.3. The zero-order valence-corrected chi connectivity index (χ0v) is 15.1. The summed E-state index contributed by atoms with van der Waals surface area (Å²) in [7, 11) is 0. The zero-order valence-electron chi connectivity index (χ0n) is 14.3. The van der Waals surface area contributed by atoms with Crippen LogP contribution in [-0.2, 0) is 14.3 Å². The molecule has 1 atom stereocenters. The molecule has 0 fully saturated rings. The summed E-state index contributed by atoms with van der Waals surface area (Å²) in [4.78, 5) is 35.2. The molecule has 0 radical (unpaired) electrons. The fraction of sp³-hybridized carbons (Fsp3) is 0.211. The van der Waals surface area contributed by atoms with Gasteiger partial charge in [0.15, 0.2) is 18.5 Å². The lowest BCUT2D eigenvalue weighted by Crippen LogP contribution is -2.31. The maximum Gasteiger partial charge on any atom is 0.344 e. The highest BCUT2D eigenvalue weighted by Crippen LogP contribution is 2.16. The molecule has 0 aromatic heterocycles. The normalized spacial score (nSPS) is 11.3. The van der Waals surface area contributed by atoms with Gasteiger partial charge in [-0.3, -0.25) is 9.59 Å². The van der Waals surface area contributed by atoms with Crippen LogP contribution in [0.2, 0.25) is 5.02 Å². The van der Waals surface area contributed by atoms with Gasteiger partial charge in [0.2, 0.25) is 0 Å². The van der Waals surface area contributed by atoms with Gasteiger partial charge in [0.05, 0.1) is 0 Å². The maximum atomic E-state index is 12.0. The minimum absolute atomic E-state index is 0.107. The minimum atomic E-state index is -1.01. The van der Waals surface area contributed by atoms with Gasteiger partial charge in [0.1, 0.15) is 5.75 Å². The molecule has 0 saturated heterocycles. The van der Waals surface area contributed by atoms with E-state index in [0.29, 0.717) is 22.0 Å². The number of carbonyl (C=O) groups is 3. The highest BCUT2D eigenvalue weighted by atomic mass is 35.5. The molecule has 26 heavy (non-hydrogen) atoms. The largest absolute Gasteiger partial charge is 0.482 e. The smallest absolute Gasteiger partial charge is 0.344 e. The van der Waals surface area contributed by atoms with Crippen LogP contribution in [0.3, 0.4) is 0 Å². The predicted octanol–water partition coefficient (Wildman–Crippen LogP) is 3.49. The molecule has 0 aliphatic carbocycles. The highest BCUT2D eigenvalue weighted by Gasteiger charge is 2.18. The molecule has 0 bridgehead atoms. The third kappa shape index (κ3) is 5.89. The van der Waals surface area contributed by atoms with Gasteiger partial charge in [-0.25, -0.2) is 4.79 Å². The Hall–Kier alpha value is -2.86. The van der Waals surface area contributed by atoms with Crippen molar-refractivity contribution in [2.24, 2.45) is 0 Å². The lowest BCUT2D eigenvalue weighted by atomic mass is 10.1. The van der Waals surface area contributed by atoms with Crippen LogP contribution in [0.4, 0.5) is 5.69 Å².